The highest BCUT2D eigenvalue weighted by atomic mass is 32.2. The number of nitrogens with one attached hydrogen (secondary N) is 2. The molecule has 2 N–H and O–H groups in total. The zero-order valence-electron chi connectivity index (χ0n) is 14.3. The van der Waals surface area contributed by atoms with Gasteiger partial charge in [0.25, 0.3) is 11.1 Å². The molecule has 0 bridgehead atoms. The number of carbonyl (C=O) groups excluding carboxylic acids is 4. The molecule has 9 nitrogen and oxygen atoms in total. The zero-order valence-corrected chi connectivity index (χ0v) is 15.1. The Morgan fingerprint density at radius 2 is 2.04 bits per heavy atom. The first-order chi connectivity index (χ1) is 13.5. The van der Waals surface area contributed by atoms with Crippen molar-refractivity contribution in [2.75, 3.05) is 0 Å². The second-order valence-electron chi connectivity index (χ2n) is 5.57. The SMILES string of the molecule is O=C(CC1SC(=O)NC1=O)Oc1ccc(/C=N/NC(=O)c2cccnc2)cc1. The molecule has 0 saturated carbocycles. The molecule has 3 amide bonds. The van der Waals surface area contributed by atoms with E-state index < -0.39 is 22.4 Å². The van der Waals surface area contributed by atoms with Crippen molar-refractivity contribution in [1.29, 1.82) is 0 Å². The first-order valence-corrected chi connectivity index (χ1v) is 8.95. The number of nitrogens with zero attached hydrogens (tertiary/aromatic N) is 2. The number of amides is 3. The Kier molecular flexibility index (Phi) is 6.12. The molecule has 1 unspecified atom stereocenters. The van der Waals surface area contributed by atoms with Crippen molar-refractivity contribution in [3.8, 4) is 5.75 Å². The topological polar surface area (TPSA) is 127 Å². The molecule has 0 radical (unpaired) electrons. The number of hydrazone groups is 1. The lowest BCUT2D eigenvalue weighted by atomic mass is 10.2. The zero-order chi connectivity index (χ0) is 19.9. The Bertz CT molecular complexity index is 931. The Labute approximate surface area is 163 Å². The molecule has 10 heteroatoms. The van der Waals surface area contributed by atoms with Gasteiger partial charge in [0.05, 0.1) is 18.2 Å². The van der Waals surface area contributed by atoms with Crippen LogP contribution in [0.25, 0.3) is 0 Å². The third-order valence-electron chi connectivity index (χ3n) is 3.53. The average Bonchev–Trinajstić information content (AvgIpc) is 3.00. The van der Waals surface area contributed by atoms with Gasteiger partial charge < -0.3 is 4.74 Å². The summed E-state index contributed by atoms with van der Waals surface area (Å²) < 4.78 is 5.15. The van der Waals surface area contributed by atoms with Gasteiger partial charge in [0.15, 0.2) is 0 Å². The number of esters is 1. The third kappa shape index (κ3) is 5.24. The fraction of sp³-hybridized carbons (Fsp3) is 0.111. The predicted octanol–water partition coefficient (Wildman–Crippen LogP) is 1.49. The van der Waals surface area contributed by atoms with E-state index in [1.807, 2.05) is 0 Å². The van der Waals surface area contributed by atoms with Crippen LogP contribution in [0.4, 0.5) is 4.79 Å². The number of pyridine rings is 1. The van der Waals surface area contributed by atoms with E-state index >= 15 is 0 Å². The molecule has 1 aliphatic heterocycles. The van der Waals surface area contributed by atoms with Crippen LogP contribution in [0.3, 0.4) is 0 Å². The number of aromatic nitrogens is 1. The second-order valence-corrected chi connectivity index (χ2v) is 6.75. The molecule has 2 heterocycles. The van der Waals surface area contributed by atoms with Crippen LogP contribution >= 0.6 is 11.8 Å². The predicted molar refractivity (Wildman–Crippen MR) is 101 cm³/mol. The summed E-state index contributed by atoms with van der Waals surface area (Å²) in [5.41, 5.74) is 3.44. The van der Waals surface area contributed by atoms with Gasteiger partial charge in [0, 0.05) is 12.4 Å². The molecule has 1 aliphatic rings. The van der Waals surface area contributed by atoms with Gasteiger partial charge in [-0.05, 0) is 42.0 Å². The standard InChI is InChI=1S/C18H14N4O5S/c23-15(8-14-17(25)21-18(26)28-14)27-13-5-3-11(4-6-13)9-20-22-16(24)12-2-1-7-19-10-12/h1-7,9-10,14H,8H2,(H,22,24)(H,21,25,26)/b20-9+. The highest BCUT2D eigenvalue weighted by Gasteiger charge is 2.33. The van der Waals surface area contributed by atoms with Gasteiger partial charge in [-0.15, -0.1) is 0 Å². The lowest BCUT2D eigenvalue weighted by Crippen LogP contribution is -2.27. The third-order valence-corrected chi connectivity index (χ3v) is 4.52. The minimum Gasteiger partial charge on any atom is -0.426 e. The number of rotatable bonds is 6. The van der Waals surface area contributed by atoms with Crippen LogP contribution in [0.1, 0.15) is 22.3 Å². The van der Waals surface area contributed by atoms with Crippen LogP contribution in [0.5, 0.6) is 5.75 Å². The van der Waals surface area contributed by atoms with E-state index in [9.17, 15) is 19.2 Å². The molecule has 142 valence electrons. The molecule has 1 atom stereocenters. The maximum Gasteiger partial charge on any atom is 0.312 e. The van der Waals surface area contributed by atoms with E-state index in [4.69, 9.17) is 4.74 Å². The molecular formula is C18H14N4O5S. The lowest BCUT2D eigenvalue weighted by Gasteiger charge is -2.06. The van der Waals surface area contributed by atoms with Crippen LogP contribution < -0.4 is 15.5 Å². The Hall–Kier alpha value is -3.53. The fourth-order valence-corrected chi connectivity index (χ4v) is 3.00. The summed E-state index contributed by atoms with van der Waals surface area (Å²) in [5.74, 6) is -1.21. The van der Waals surface area contributed by atoms with E-state index in [1.165, 1.54) is 12.4 Å². The molecule has 1 aromatic heterocycles. The average molecular weight is 398 g/mol. The largest absolute Gasteiger partial charge is 0.426 e. The van der Waals surface area contributed by atoms with Crippen LogP contribution in [-0.2, 0) is 9.59 Å². The van der Waals surface area contributed by atoms with E-state index in [-0.39, 0.29) is 18.1 Å². The van der Waals surface area contributed by atoms with E-state index in [1.54, 1.807) is 42.6 Å². The number of ether oxygens (including phenoxy) is 1. The van der Waals surface area contributed by atoms with Crippen LogP contribution in [0.15, 0.2) is 53.9 Å². The normalized spacial score (nSPS) is 16.1. The lowest BCUT2D eigenvalue weighted by molar-refractivity contribution is -0.135. The summed E-state index contributed by atoms with van der Waals surface area (Å²) >= 11 is 0.769. The highest BCUT2D eigenvalue weighted by Crippen LogP contribution is 2.23. The molecular weight excluding hydrogens is 384 g/mol. The molecule has 1 aromatic carbocycles. The number of imide groups is 1. The van der Waals surface area contributed by atoms with Crippen LogP contribution in [0.2, 0.25) is 0 Å². The minimum atomic E-state index is -0.769. The highest BCUT2D eigenvalue weighted by molar-refractivity contribution is 8.15. The number of thioether (sulfide) groups is 1. The minimum absolute atomic E-state index is 0.203. The Morgan fingerprint density at radius 3 is 2.68 bits per heavy atom. The van der Waals surface area contributed by atoms with E-state index in [0.29, 0.717) is 11.1 Å². The summed E-state index contributed by atoms with van der Waals surface area (Å²) in [7, 11) is 0. The van der Waals surface area contributed by atoms with E-state index in [2.05, 4.69) is 20.8 Å². The van der Waals surface area contributed by atoms with Crippen molar-refractivity contribution in [2.45, 2.75) is 11.7 Å². The number of hydrogen-bond acceptors (Lipinski definition) is 8. The fourth-order valence-electron chi connectivity index (χ4n) is 2.20. The van der Waals surface area contributed by atoms with Gasteiger partial charge >= 0.3 is 5.97 Å². The second kappa shape index (κ2) is 8.91. The molecule has 0 spiro atoms. The van der Waals surface area contributed by atoms with E-state index in [0.717, 1.165) is 11.8 Å². The number of hydrogen-bond donors (Lipinski definition) is 2. The summed E-state index contributed by atoms with van der Waals surface area (Å²) in [6.07, 6.45) is 4.23. The van der Waals surface area contributed by atoms with Crippen molar-refractivity contribution in [3.63, 3.8) is 0 Å². The van der Waals surface area contributed by atoms with Gasteiger partial charge in [0.1, 0.15) is 11.0 Å². The van der Waals surface area contributed by atoms with Gasteiger partial charge in [-0.2, -0.15) is 5.10 Å². The quantitative estimate of drug-likeness (QED) is 0.327. The van der Waals surface area contributed by atoms with Crippen LogP contribution in [-0.4, -0.2) is 39.5 Å². The van der Waals surface area contributed by atoms with Crippen molar-refractivity contribution >= 4 is 41.0 Å². The number of benzene rings is 1. The van der Waals surface area contributed by atoms with Gasteiger partial charge in [-0.3, -0.25) is 29.5 Å². The molecule has 1 fully saturated rings. The van der Waals surface area contributed by atoms with Crippen molar-refractivity contribution < 1.29 is 23.9 Å². The molecule has 3 rings (SSSR count). The smallest absolute Gasteiger partial charge is 0.312 e. The summed E-state index contributed by atoms with van der Waals surface area (Å²) in [6, 6.07) is 9.65. The summed E-state index contributed by atoms with van der Waals surface area (Å²) in [6.45, 7) is 0. The molecule has 28 heavy (non-hydrogen) atoms. The maximum atomic E-state index is 11.9. The molecule has 2 aromatic rings. The van der Waals surface area contributed by atoms with Crippen molar-refractivity contribution in [2.24, 2.45) is 5.10 Å². The maximum absolute atomic E-state index is 11.9. The van der Waals surface area contributed by atoms with Gasteiger partial charge in [-0.1, -0.05) is 11.8 Å². The monoisotopic (exact) mass is 398 g/mol. The first-order valence-electron chi connectivity index (χ1n) is 8.07. The first kappa shape index (κ1) is 19.2. The Morgan fingerprint density at radius 1 is 1.25 bits per heavy atom. The van der Waals surface area contributed by atoms with Gasteiger partial charge in [-0.25, -0.2) is 5.43 Å². The van der Waals surface area contributed by atoms with Crippen LogP contribution in [0, 0.1) is 0 Å². The van der Waals surface area contributed by atoms with Crippen molar-refractivity contribution in [1.82, 2.24) is 15.7 Å². The summed E-state index contributed by atoms with van der Waals surface area (Å²) in [4.78, 5) is 50.1. The molecule has 1 saturated heterocycles. The van der Waals surface area contributed by atoms with Gasteiger partial charge in [0.2, 0.25) is 5.91 Å². The molecule has 0 aliphatic carbocycles. The van der Waals surface area contributed by atoms with Crippen molar-refractivity contribution in [3.05, 3.63) is 59.9 Å². The summed E-state index contributed by atoms with van der Waals surface area (Å²) in [5, 5.41) is 4.73. The Balaban J connectivity index is 1.49. The number of carbonyl (C=O) groups is 4.